The molecular weight excluding hydrogens is 324 g/mol. The lowest BCUT2D eigenvalue weighted by Gasteiger charge is -2.12. The second-order valence-corrected chi connectivity index (χ2v) is 6.61. The van der Waals surface area contributed by atoms with Crippen LogP contribution in [-0.4, -0.2) is 43.4 Å². The van der Waals surface area contributed by atoms with Gasteiger partial charge in [0, 0.05) is 0 Å². The van der Waals surface area contributed by atoms with Crippen LogP contribution in [0.25, 0.3) is 0 Å². The molecule has 1 unspecified atom stereocenters. The van der Waals surface area contributed by atoms with Gasteiger partial charge in [0.15, 0.2) is 5.25 Å². The van der Waals surface area contributed by atoms with Crippen LogP contribution in [0.3, 0.4) is 0 Å². The van der Waals surface area contributed by atoms with E-state index in [1.54, 1.807) is 19.1 Å². The highest BCUT2D eigenvalue weighted by Crippen LogP contribution is 2.10. The number of carbonyl (C=O) groups is 2. The molecule has 0 aliphatic heterocycles. The summed E-state index contributed by atoms with van der Waals surface area (Å²) in [5.41, 5.74) is 0. The first-order valence-electron chi connectivity index (χ1n) is 7.72. The molecule has 134 valence electrons. The van der Waals surface area contributed by atoms with Crippen LogP contribution in [0.4, 0.5) is 0 Å². The number of allylic oxidation sites excluding steroid dienone is 1. The van der Waals surface area contributed by atoms with Crippen molar-refractivity contribution < 1.29 is 32.0 Å². The summed E-state index contributed by atoms with van der Waals surface area (Å²) >= 11 is 0. The van der Waals surface area contributed by atoms with Gasteiger partial charge in [0.25, 0.3) is 10.1 Å². The molecule has 0 aromatic heterocycles. The van der Waals surface area contributed by atoms with Gasteiger partial charge in [0.1, 0.15) is 0 Å². The van der Waals surface area contributed by atoms with Gasteiger partial charge in [0.2, 0.25) is 0 Å². The molecular formula is C15H26O7S. The van der Waals surface area contributed by atoms with Crippen molar-refractivity contribution in [1.29, 1.82) is 0 Å². The highest BCUT2D eigenvalue weighted by Gasteiger charge is 2.35. The Bertz CT molecular complexity index is 482. The van der Waals surface area contributed by atoms with E-state index in [2.05, 4.69) is 0 Å². The molecule has 0 amide bonds. The minimum atomic E-state index is -4.73. The Balaban J connectivity index is 4.39. The summed E-state index contributed by atoms with van der Waals surface area (Å²) in [6, 6.07) is 0. The monoisotopic (exact) mass is 350 g/mol. The number of unbranched alkanes of at least 4 members (excludes halogenated alkanes) is 3. The standard InChI is InChI=1S/C15H26O7S/c1-3-5-7-9-10-21-14(16)12-13(23(18,19)20)15(17)22-11-8-6-4-2/h4,6,13H,3,5,7-12H2,1-2H3,(H,18,19,20). The molecule has 0 rings (SSSR count). The van der Waals surface area contributed by atoms with E-state index in [1.807, 2.05) is 6.92 Å². The maximum Gasteiger partial charge on any atom is 0.327 e. The summed E-state index contributed by atoms with van der Waals surface area (Å²) < 4.78 is 41.2. The minimum Gasteiger partial charge on any atom is -0.466 e. The third-order valence-electron chi connectivity index (χ3n) is 3.00. The van der Waals surface area contributed by atoms with Gasteiger partial charge in [-0.1, -0.05) is 38.3 Å². The molecule has 0 aromatic carbocycles. The van der Waals surface area contributed by atoms with Crippen LogP contribution < -0.4 is 0 Å². The largest absolute Gasteiger partial charge is 0.466 e. The number of rotatable bonds is 12. The average molecular weight is 350 g/mol. The minimum absolute atomic E-state index is 0.0265. The number of esters is 2. The lowest BCUT2D eigenvalue weighted by Crippen LogP contribution is -2.34. The molecule has 0 aliphatic rings. The summed E-state index contributed by atoms with van der Waals surface area (Å²) in [4.78, 5) is 23.3. The lowest BCUT2D eigenvalue weighted by atomic mass is 10.2. The van der Waals surface area contributed by atoms with E-state index in [1.165, 1.54) is 0 Å². The van der Waals surface area contributed by atoms with E-state index in [0.717, 1.165) is 19.3 Å². The van der Waals surface area contributed by atoms with Gasteiger partial charge < -0.3 is 9.47 Å². The Kier molecular flexibility index (Phi) is 11.3. The van der Waals surface area contributed by atoms with Crippen LogP contribution in [0.2, 0.25) is 0 Å². The fourth-order valence-electron chi connectivity index (χ4n) is 1.72. The number of hydrogen-bond donors (Lipinski definition) is 1. The third-order valence-corrected chi connectivity index (χ3v) is 4.08. The van der Waals surface area contributed by atoms with E-state index >= 15 is 0 Å². The van der Waals surface area contributed by atoms with Gasteiger partial charge in [0.05, 0.1) is 19.6 Å². The van der Waals surface area contributed by atoms with Crippen LogP contribution in [0, 0.1) is 0 Å². The summed E-state index contributed by atoms with van der Waals surface area (Å²) in [5, 5.41) is -1.95. The molecule has 1 N–H and O–H groups in total. The first kappa shape index (κ1) is 21.6. The Labute approximate surface area is 137 Å². The molecule has 0 aromatic rings. The molecule has 0 fully saturated rings. The molecule has 0 spiro atoms. The van der Waals surface area contributed by atoms with Crippen molar-refractivity contribution in [1.82, 2.24) is 0 Å². The number of ether oxygens (including phenoxy) is 2. The van der Waals surface area contributed by atoms with Crippen LogP contribution in [0.15, 0.2) is 12.2 Å². The molecule has 0 heterocycles. The molecule has 0 bridgehead atoms. The molecule has 0 saturated heterocycles. The SMILES string of the molecule is CC=CCCOC(=O)C(CC(=O)OCCCCCC)S(=O)(=O)O. The van der Waals surface area contributed by atoms with Gasteiger partial charge >= 0.3 is 11.9 Å². The first-order valence-corrected chi connectivity index (χ1v) is 9.23. The van der Waals surface area contributed by atoms with Crippen LogP contribution in [-0.2, 0) is 29.2 Å². The normalized spacial score (nSPS) is 13.0. The first-order chi connectivity index (χ1) is 10.8. The summed E-state index contributed by atoms with van der Waals surface area (Å²) in [6.45, 7) is 3.97. The van der Waals surface area contributed by atoms with Gasteiger partial charge in [-0.15, -0.1) is 0 Å². The molecule has 23 heavy (non-hydrogen) atoms. The Hall–Kier alpha value is -1.41. The third kappa shape index (κ3) is 10.9. The second-order valence-electron chi connectivity index (χ2n) is 5.01. The zero-order valence-electron chi connectivity index (χ0n) is 13.7. The highest BCUT2D eigenvalue weighted by atomic mass is 32.2. The molecule has 0 aliphatic carbocycles. The van der Waals surface area contributed by atoms with Gasteiger partial charge in [-0.25, -0.2) is 0 Å². The maximum atomic E-state index is 11.7. The topological polar surface area (TPSA) is 107 Å². The molecule has 0 radical (unpaired) electrons. The van der Waals surface area contributed by atoms with E-state index in [0.29, 0.717) is 12.8 Å². The molecule has 1 atom stereocenters. The van der Waals surface area contributed by atoms with Crippen molar-refractivity contribution >= 4 is 22.1 Å². The Morgan fingerprint density at radius 2 is 1.83 bits per heavy atom. The van der Waals surface area contributed by atoms with E-state index in [4.69, 9.17) is 14.0 Å². The van der Waals surface area contributed by atoms with Crippen molar-refractivity contribution in [2.24, 2.45) is 0 Å². The quantitative estimate of drug-likeness (QED) is 0.249. The molecule has 7 nitrogen and oxygen atoms in total. The second kappa shape index (κ2) is 12.1. The van der Waals surface area contributed by atoms with Crippen LogP contribution in [0.1, 0.15) is 52.4 Å². The maximum absolute atomic E-state index is 11.7. The predicted octanol–water partition coefficient (Wildman–Crippen LogP) is 2.27. The summed E-state index contributed by atoms with van der Waals surface area (Å²) in [5.74, 6) is -2.01. The highest BCUT2D eigenvalue weighted by molar-refractivity contribution is 7.87. The van der Waals surface area contributed by atoms with Crippen molar-refractivity contribution in [3.63, 3.8) is 0 Å². The number of hydrogen-bond acceptors (Lipinski definition) is 6. The Morgan fingerprint density at radius 1 is 1.13 bits per heavy atom. The van der Waals surface area contributed by atoms with E-state index < -0.39 is 33.7 Å². The van der Waals surface area contributed by atoms with E-state index in [9.17, 15) is 18.0 Å². The van der Waals surface area contributed by atoms with Gasteiger partial charge in [-0.2, -0.15) is 8.42 Å². The molecule has 0 saturated carbocycles. The predicted molar refractivity (Wildman–Crippen MR) is 85.4 cm³/mol. The summed E-state index contributed by atoms with van der Waals surface area (Å²) in [7, 11) is -4.73. The van der Waals surface area contributed by atoms with Crippen LogP contribution in [0.5, 0.6) is 0 Å². The van der Waals surface area contributed by atoms with Gasteiger partial charge in [-0.3, -0.25) is 14.1 Å². The fourth-order valence-corrected chi connectivity index (χ4v) is 2.38. The average Bonchev–Trinajstić information content (AvgIpc) is 2.47. The number of carbonyl (C=O) groups excluding carboxylic acids is 2. The van der Waals surface area contributed by atoms with E-state index in [-0.39, 0.29) is 13.2 Å². The van der Waals surface area contributed by atoms with Crippen molar-refractivity contribution in [3.05, 3.63) is 12.2 Å². The fraction of sp³-hybridized carbons (Fsp3) is 0.733. The lowest BCUT2D eigenvalue weighted by molar-refractivity contribution is -0.150. The summed E-state index contributed by atoms with van der Waals surface area (Å²) in [6.07, 6.45) is 6.78. The van der Waals surface area contributed by atoms with Gasteiger partial charge in [-0.05, 0) is 19.8 Å². The smallest absolute Gasteiger partial charge is 0.327 e. The van der Waals surface area contributed by atoms with Crippen molar-refractivity contribution in [2.45, 2.75) is 57.6 Å². The zero-order chi connectivity index (χ0) is 17.7. The molecule has 8 heteroatoms. The van der Waals surface area contributed by atoms with Crippen molar-refractivity contribution in [2.75, 3.05) is 13.2 Å². The van der Waals surface area contributed by atoms with Crippen LogP contribution >= 0.6 is 0 Å². The van der Waals surface area contributed by atoms with Crippen molar-refractivity contribution in [3.8, 4) is 0 Å². The zero-order valence-corrected chi connectivity index (χ0v) is 14.5. The Morgan fingerprint density at radius 3 is 2.39 bits per heavy atom.